The number of hydrogen-bond donors (Lipinski definition) is 1. The van der Waals surface area contributed by atoms with Crippen LogP contribution in [0.3, 0.4) is 0 Å². The number of rotatable bonds is 2. The summed E-state index contributed by atoms with van der Waals surface area (Å²) in [4.78, 5) is 13.1. The molecule has 2 N–H and O–H groups in total. The monoisotopic (exact) mass is 188 g/mol. The highest BCUT2D eigenvalue weighted by Crippen LogP contribution is 2.01. The molecule has 1 heterocycles. The number of ether oxygens (including phenoxy) is 1. The van der Waals surface area contributed by atoms with Gasteiger partial charge in [0.25, 0.3) is 0 Å². The minimum absolute atomic E-state index is 0.176. The molecule has 0 spiro atoms. The van der Waals surface area contributed by atoms with Crippen molar-refractivity contribution in [3.05, 3.63) is 0 Å². The summed E-state index contributed by atoms with van der Waals surface area (Å²) in [7, 11) is 0. The number of nitrogens with two attached hydrogens (primary N) is 1. The Bertz CT molecular complexity index is 190. The van der Waals surface area contributed by atoms with Gasteiger partial charge in [0.05, 0.1) is 24.6 Å². The molecule has 1 aliphatic heterocycles. The summed E-state index contributed by atoms with van der Waals surface area (Å²) in [5, 5.41) is 0. The molecular weight excluding hydrogens is 176 g/mol. The lowest BCUT2D eigenvalue weighted by molar-refractivity contribution is -0.117. The van der Waals surface area contributed by atoms with Gasteiger partial charge in [0.15, 0.2) is 0 Å². The summed E-state index contributed by atoms with van der Waals surface area (Å²) in [5.74, 6) is -0.369. The molecule has 68 valence electrons. The molecular formula is C7H12N2O2S. The van der Waals surface area contributed by atoms with Gasteiger partial charge in [-0.25, -0.2) is 0 Å². The number of hydrogen-bond acceptors (Lipinski definition) is 3. The number of primary amides is 1. The van der Waals surface area contributed by atoms with E-state index >= 15 is 0 Å². The van der Waals surface area contributed by atoms with Crippen molar-refractivity contribution in [3.63, 3.8) is 0 Å². The molecule has 0 bridgehead atoms. The molecule has 0 radical (unpaired) electrons. The van der Waals surface area contributed by atoms with Gasteiger partial charge < -0.3 is 15.4 Å². The summed E-state index contributed by atoms with van der Waals surface area (Å²) >= 11 is 5.02. The molecule has 1 aliphatic rings. The number of thiocarbonyl (C=S) groups is 1. The van der Waals surface area contributed by atoms with Gasteiger partial charge in [-0.1, -0.05) is 12.2 Å². The van der Waals surface area contributed by atoms with E-state index in [9.17, 15) is 4.79 Å². The molecule has 0 atom stereocenters. The lowest BCUT2D eigenvalue weighted by Crippen LogP contribution is -2.41. The fraction of sp³-hybridized carbons (Fsp3) is 0.714. The van der Waals surface area contributed by atoms with Crippen molar-refractivity contribution in [3.8, 4) is 0 Å². The van der Waals surface area contributed by atoms with Gasteiger partial charge in [-0.3, -0.25) is 4.79 Å². The largest absolute Gasteiger partial charge is 0.378 e. The Balaban J connectivity index is 2.34. The first kappa shape index (κ1) is 9.41. The lowest BCUT2D eigenvalue weighted by Gasteiger charge is -2.28. The number of nitrogens with zero attached hydrogens (tertiary/aromatic N) is 1. The van der Waals surface area contributed by atoms with Crippen LogP contribution in [0.4, 0.5) is 0 Å². The molecule has 0 aliphatic carbocycles. The second kappa shape index (κ2) is 4.37. The van der Waals surface area contributed by atoms with E-state index in [1.165, 1.54) is 0 Å². The average molecular weight is 188 g/mol. The van der Waals surface area contributed by atoms with Crippen molar-refractivity contribution in [2.24, 2.45) is 5.73 Å². The van der Waals surface area contributed by atoms with E-state index in [2.05, 4.69) is 0 Å². The van der Waals surface area contributed by atoms with Gasteiger partial charge in [-0.15, -0.1) is 0 Å². The van der Waals surface area contributed by atoms with Crippen LogP contribution in [0.1, 0.15) is 6.42 Å². The zero-order valence-corrected chi connectivity index (χ0v) is 7.60. The second-order valence-electron chi connectivity index (χ2n) is 2.64. The van der Waals surface area contributed by atoms with Crippen molar-refractivity contribution in [2.45, 2.75) is 6.42 Å². The van der Waals surface area contributed by atoms with Crippen molar-refractivity contribution in [2.75, 3.05) is 26.3 Å². The van der Waals surface area contributed by atoms with Gasteiger partial charge in [0.1, 0.15) is 0 Å². The molecule has 0 aromatic rings. The van der Waals surface area contributed by atoms with E-state index in [-0.39, 0.29) is 12.3 Å². The third kappa shape index (κ3) is 2.75. The van der Waals surface area contributed by atoms with Crippen molar-refractivity contribution >= 4 is 23.1 Å². The van der Waals surface area contributed by atoms with Crippen LogP contribution in [0.25, 0.3) is 0 Å². The Hall–Kier alpha value is -0.680. The van der Waals surface area contributed by atoms with Crippen LogP contribution in [-0.4, -0.2) is 42.1 Å². The Kier molecular flexibility index (Phi) is 3.43. The maximum atomic E-state index is 10.5. The molecule has 1 saturated heterocycles. The van der Waals surface area contributed by atoms with E-state index in [4.69, 9.17) is 22.7 Å². The summed E-state index contributed by atoms with van der Waals surface area (Å²) in [6.07, 6.45) is 0.176. The highest BCUT2D eigenvalue weighted by molar-refractivity contribution is 7.80. The molecule has 1 amide bonds. The molecule has 0 aromatic heterocycles. The lowest BCUT2D eigenvalue weighted by atomic mass is 10.3. The summed E-state index contributed by atoms with van der Waals surface area (Å²) in [6.45, 7) is 2.90. The van der Waals surface area contributed by atoms with Crippen LogP contribution in [0.5, 0.6) is 0 Å². The Morgan fingerprint density at radius 2 is 2.08 bits per heavy atom. The predicted octanol–water partition coefficient (Wildman–Crippen LogP) is -0.479. The van der Waals surface area contributed by atoms with E-state index in [0.717, 1.165) is 13.1 Å². The maximum absolute atomic E-state index is 10.5. The molecule has 0 unspecified atom stereocenters. The van der Waals surface area contributed by atoms with Crippen LogP contribution >= 0.6 is 12.2 Å². The van der Waals surface area contributed by atoms with Crippen molar-refractivity contribution in [1.82, 2.24) is 4.90 Å². The molecule has 1 rings (SSSR count). The van der Waals surface area contributed by atoms with Crippen LogP contribution in [0.2, 0.25) is 0 Å². The van der Waals surface area contributed by atoms with Gasteiger partial charge >= 0.3 is 0 Å². The molecule has 1 fully saturated rings. The van der Waals surface area contributed by atoms with Crippen LogP contribution in [0, 0.1) is 0 Å². The predicted molar refractivity (Wildman–Crippen MR) is 48.8 cm³/mol. The third-order valence-electron chi connectivity index (χ3n) is 1.69. The molecule has 5 heteroatoms. The van der Waals surface area contributed by atoms with E-state index < -0.39 is 0 Å². The van der Waals surface area contributed by atoms with Crippen LogP contribution < -0.4 is 5.73 Å². The molecule has 0 aromatic carbocycles. The number of carbonyl (C=O) groups is 1. The first-order valence-electron chi connectivity index (χ1n) is 3.84. The number of morpholine rings is 1. The highest BCUT2D eigenvalue weighted by atomic mass is 32.1. The Labute approximate surface area is 76.7 Å². The molecule has 4 nitrogen and oxygen atoms in total. The third-order valence-corrected chi connectivity index (χ3v) is 2.09. The normalized spacial score (nSPS) is 17.5. The fourth-order valence-electron chi connectivity index (χ4n) is 1.07. The average Bonchev–Trinajstić information content (AvgIpc) is 2.05. The molecule has 0 saturated carbocycles. The zero-order chi connectivity index (χ0) is 8.97. The van der Waals surface area contributed by atoms with E-state index in [1.54, 1.807) is 0 Å². The second-order valence-corrected chi connectivity index (χ2v) is 3.11. The fourth-order valence-corrected chi connectivity index (χ4v) is 1.40. The van der Waals surface area contributed by atoms with E-state index in [1.807, 2.05) is 4.90 Å². The number of amides is 1. The van der Waals surface area contributed by atoms with Crippen molar-refractivity contribution in [1.29, 1.82) is 0 Å². The minimum atomic E-state index is -0.369. The first-order chi connectivity index (χ1) is 5.70. The van der Waals surface area contributed by atoms with Gasteiger partial charge in [-0.05, 0) is 0 Å². The smallest absolute Gasteiger partial charge is 0.224 e. The highest BCUT2D eigenvalue weighted by Gasteiger charge is 2.14. The van der Waals surface area contributed by atoms with Crippen molar-refractivity contribution < 1.29 is 9.53 Å². The van der Waals surface area contributed by atoms with Gasteiger partial charge in [0, 0.05) is 13.1 Å². The topological polar surface area (TPSA) is 55.6 Å². The maximum Gasteiger partial charge on any atom is 0.224 e. The van der Waals surface area contributed by atoms with Gasteiger partial charge in [-0.2, -0.15) is 0 Å². The standard InChI is InChI=1S/C7H12N2O2S/c8-6(10)5-7(12)9-1-3-11-4-2-9/h1-5H2,(H2,8,10). The number of carbonyl (C=O) groups excluding carboxylic acids is 1. The summed E-state index contributed by atoms with van der Waals surface area (Å²) in [6, 6.07) is 0. The first-order valence-corrected chi connectivity index (χ1v) is 4.25. The van der Waals surface area contributed by atoms with Crippen LogP contribution in [0.15, 0.2) is 0 Å². The summed E-state index contributed by atoms with van der Waals surface area (Å²) in [5.41, 5.74) is 5.02. The Morgan fingerprint density at radius 3 is 2.58 bits per heavy atom. The Morgan fingerprint density at radius 1 is 1.50 bits per heavy atom. The molecule has 12 heavy (non-hydrogen) atoms. The minimum Gasteiger partial charge on any atom is -0.378 e. The van der Waals surface area contributed by atoms with Gasteiger partial charge in [0.2, 0.25) is 5.91 Å². The van der Waals surface area contributed by atoms with Crippen LogP contribution in [-0.2, 0) is 9.53 Å². The quantitative estimate of drug-likeness (QED) is 0.595. The summed E-state index contributed by atoms with van der Waals surface area (Å²) < 4.78 is 5.14. The van der Waals surface area contributed by atoms with E-state index in [0.29, 0.717) is 18.2 Å². The zero-order valence-electron chi connectivity index (χ0n) is 6.78. The SMILES string of the molecule is NC(=O)CC(=S)N1CCOCC1.